The Labute approximate surface area is 121 Å². The third kappa shape index (κ3) is 1.84. The Morgan fingerprint density at radius 2 is 2.00 bits per heavy atom. The van der Waals surface area contributed by atoms with Crippen molar-refractivity contribution < 1.29 is 4.42 Å². The topological polar surface area (TPSA) is 57.0 Å². The molecule has 2 heterocycles. The summed E-state index contributed by atoms with van der Waals surface area (Å²) >= 11 is 0. The van der Waals surface area contributed by atoms with Gasteiger partial charge >= 0.3 is 0 Å². The highest BCUT2D eigenvalue weighted by molar-refractivity contribution is 5.85. The van der Waals surface area contributed by atoms with Crippen molar-refractivity contribution in [3.05, 3.63) is 54.1 Å². The fraction of sp³-hybridized carbons (Fsp3) is 0.118. The summed E-state index contributed by atoms with van der Waals surface area (Å²) in [5.74, 6) is 1.61. The number of nitrogens with zero attached hydrogens (tertiary/aromatic N) is 2. The van der Waals surface area contributed by atoms with E-state index in [0.717, 1.165) is 39.2 Å². The van der Waals surface area contributed by atoms with Crippen molar-refractivity contribution in [2.75, 3.05) is 0 Å². The molecular formula is C17H15N3O. The third-order valence-corrected chi connectivity index (χ3v) is 3.83. The summed E-state index contributed by atoms with van der Waals surface area (Å²) in [7, 11) is 2.00. The first-order valence-electron chi connectivity index (χ1n) is 6.90. The number of benzene rings is 2. The largest absolute Gasteiger partial charge is 0.453 e. The molecule has 2 aromatic heterocycles. The van der Waals surface area contributed by atoms with Crippen LogP contribution in [0.1, 0.15) is 5.56 Å². The molecule has 0 aliphatic rings. The molecule has 104 valence electrons. The summed E-state index contributed by atoms with van der Waals surface area (Å²) in [6.45, 7) is 0.529. The number of aromatic nitrogens is 2. The quantitative estimate of drug-likeness (QED) is 0.610. The molecule has 0 saturated carbocycles. The van der Waals surface area contributed by atoms with E-state index in [1.807, 2.05) is 54.1 Å². The van der Waals surface area contributed by atoms with Crippen LogP contribution >= 0.6 is 0 Å². The molecule has 0 fully saturated rings. The van der Waals surface area contributed by atoms with Gasteiger partial charge in [0.25, 0.3) is 0 Å². The van der Waals surface area contributed by atoms with E-state index in [-0.39, 0.29) is 0 Å². The van der Waals surface area contributed by atoms with Crippen LogP contribution in [-0.4, -0.2) is 9.55 Å². The van der Waals surface area contributed by atoms with Crippen LogP contribution < -0.4 is 5.73 Å². The highest BCUT2D eigenvalue weighted by Crippen LogP contribution is 2.29. The number of hydrogen-bond acceptors (Lipinski definition) is 3. The molecule has 2 N–H and O–H groups in total. The van der Waals surface area contributed by atoms with E-state index in [1.54, 1.807) is 0 Å². The van der Waals surface area contributed by atoms with Crippen LogP contribution in [0, 0.1) is 0 Å². The van der Waals surface area contributed by atoms with Gasteiger partial charge in [0.05, 0.1) is 11.0 Å². The van der Waals surface area contributed by atoms with Crippen LogP contribution in [0.4, 0.5) is 0 Å². The Hall–Kier alpha value is -2.59. The Morgan fingerprint density at radius 1 is 1.14 bits per heavy atom. The number of nitrogens with two attached hydrogens (primary N) is 1. The maximum atomic E-state index is 5.91. The molecule has 0 spiro atoms. The van der Waals surface area contributed by atoms with Gasteiger partial charge in [-0.3, -0.25) is 0 Å². The average molecular weight is 277 g/mol. The van der Waals surface area contributed by atoms with Crippen LogP contribution in [0.5, 0.6) is 0 Å². The molecular weight excluding hydrogens is 262 g/mol. The second-order valence-corrected chi connectivity index (χ2v) is 5.17. The minimum atomic E-state index is 0.529. The van der Waals surface area contributed by atoms with Gasteiger partial charge in [-0.1, -0.05) is 24.3 Å². The van der Waals surface area contributed by atoms with Gasteiger partial charge in [-0.2, -0.15) is 0 Å². The maximum absolute atomic E-state index is 5.91. The molecule has 2 aromatic carbocycles. The van der Waals surface area contributed by atoms with Gasteiger partial charge in [-0.15, -0.1) is 0 Å². The smallest absolute Gasteiger partial charge is 0.177 e. The van der Waals surface area contributed by atoms with Crippen molar-refractivity contribution in [1.29, 1.82) is 0 Å². The summed E-state index contributed by atoms with van der Waals surface area (Å²) < 4.78 is 7.96. The Balaban J connectivity index is 1.95. The number of para-hydroxylation sites is 1. The predicted molar refractivity (Wildman–Crippen MR) is 83.8 cm³/mol. The molecule has 0 bridgehead atoms. The molecule has 0 unspecified atom stereocenters. The summed E-state index contributed by atoms with van der Waals surface area (Å²) in [4.78, 5) is 4.68. The van der Waals surface area contributed by atoms with Crippen molar-refractivity contribution in [3.8, 4) is 11.6 Å². The van der Waals surface area contributed by atoms with Crippen LogP contribution in [0.25, 0.3) is 33.6 Å². The Morgan fingerprint density at radius 3 is 2.81 bits per heavy atom. The SMILES string of the molecule is Cn1c(-c2cc3ccccc3o2)nc2ccc(CN)cc21. The van der Waals surface area contributed by atoms with Gasteiger partial charge in [-0.05, 0) is 29.8 Å². The monoisotopic (exact) mass is 277 g/mol. The van der Waals surface area contributed by atoms with E-state index in [0.29, 0.717) is 6.54 Å². The van der Waals surface area contributed by atoms with Crippen LogP contribution in [0.15, 0.2) is 52.9 Å². The summed E-state index contributed by atoms with van der Waals surface area (Å²) in [5, 5.41) is 1.09. The third-order valence-electron chi connectivity index (χ3n) is 3.83. The van der Waals surface area contributed by atoms with E-state index in [9.17, 15) is 0 Å². The van der Waals surface area contributed by atoms with Crippen molar-refractivity contribution >= 4 is 22.0 Å². The van der Waals surface area contributed by atoms with E-state index < -0.39 is 0 Å². The zero-order chi connectivity index (χ0) is 14.4. The molecule has 4 aromatic rings. The lowest BCUT2D eigenvalue weighted by atomic mass is 10.2. The average Bonchev–Trinajstić information content (AvgIpc) is 3.08. The zero-order valence-electron chi connectivity index (χ0n) is 11.7. The number of furan rings is 1. The maximum Gasteiger partial charge on any atom is 0.177 e. The number of fused-ring (bicyclic) bond motifs is 2. The lowest BCUT2D eigenvalue weighted by Crippen LogP contribution is -1.96. The highest BCUT2D eigenvalue weighted by atomic mass is 16.3. The molecule has 4 nitrogen and oxygen atoms in total. The zero-order valence-corrected chi connectivity index (χ0v) is 11.7. The summed E-state index contributed by atoms with van der Waals surface area (Å²) in [6, 6.07) is 16.1. The first-order chi connectivity index (χ1) is 10.3. The highest BCUT2D eigenvalue weighted by Gasteiger charge is 2.14. The Kier molecular flexibility index (Phi) is 2.59. The minimum Gasteiger partial charge on any atom is -0.453 e. The molecule has 4 rings (SSSR count). The molecule has 0 aliphatic carbocycles. The number of aryl methyl sites for hydroxylation is 1. The lowest BCUT2D eigenvalue weighted by Gasteiger charge is -2.00. The van der Waals surface area contributed by atoms with E-state index in [4.69, 9.17) is 10.2 Å². The normalized spacial score (nSPS) is 11.5. The van der Waals surface area contributed by atoms with Crippen LogP contribution in [-0.2, 0) is 13.6 Å². The summed E-state index contributed by atoms with van der Waals surface area (Å²) in [6.07, 6.45) is 0. The van der Waals surface area contributed by atoms with Crippen molar-refractivity contribution in [2.24, 2.45) is 12.8 Å². The number of hydrogen-bond donors (Lipinski definition) is 1. The first kappa shape index (κ1) is 12.2. The first-order valence-corrected chi connectivity index (χ1v) is 6.90. The molecule has 0 radical (unpaired) electrons. The lowest BCUT2D eigenvalue weighted by molar-refractivity contribution is 0.621. The molecule has 0 aliphatic heterocycles. The van der Waals surface area contributed by atoms with Crippen molar-refractivity contribution in [2.45, 2.75) is 6.54 Å². The van der Waals surface area contributed by atoms with E-state index >= 15 is 0 Å². The standard InChI is InChI=1S/C17H15N3O/c1-20-14-8-11(10-18)6-7-13(14)19-17(20)16-9-12-4-2-3-5-15(12)21-16/h2-9H,10,18H2,1H3. The fourth-order valence-electron chi connectivity index (χ4n) is 2.67. The second-order valence-electron chi connectivity index (χ2n) is 5.17. The van der Waals surface area contributed by atoms with Crippen LogP contribution in [0.2, 0.25) is 0 Å². The van der Waals surface area contributed by atoms with E-state index in [2.05, 4.69) is 11.1 Å². The van der Waals surface area contributed by atoms with Gasteiger partial charge in [0.15, 0.2) is 11.6 Å². The fourth-order valence-corrected chi connectivity index (χ4v) is 2.67. The van der Waals surface area contributed by atoms with Gasteiger partial charge in [0.2, 0.25) is 0 Å². The van der Waals surface area contributed by atoms with Gasteiger partial charge in [0, 0.05) is 19.0 Å². The number of rotatable bonds is 2. The van der Waals surface area contributed by atoms with E-state index in [1.165, 1.54) is 0 Å². The second kappa shape index (κ2) is 4.46. The molecule has 4 heteroatoms. The molecule has 21 heavy (non-hydrogen) atoms. The van der Waals surface area contributed by atoms with Crippen LogP contribution in [0.3, 0.4) is 0 Å². The minimum absolute atomic E-state index is 0.529. The van der Waals surface area contributed by atoms with Gasteiger partial charge < -0.3 is 14.7 Å². The Bertz CT molecular complexity index is 916. The van der Waals surface area contributed by atoms with Crippen molar-refractivity contribution in [1.82, 2.24) is 9.55 Å². The van der Waals surface area contributed by atoms with Crippen molar-refractivity contribution in [3.63, 3.8) is 0 Å². The van der Waals surface area contributed by atoms with Gasteiger partial charge in [-0.25, -0.2) is 4.98 Å². The predicted octanol–water partition coefficient (Wildman–Crippen LogP) is 3.45. The summed E-state index contributed by atoms with van der Waals surface area (Å²) in [5.41, 5.74) is 9.70. The number of imidazole rings is 1. The molecule has 0 amide bonds. The molecule has 0 atom stereocenters. The van der Waals surface area contributed by atoms with Gasteiger partial charge in [0.1, 0.15) is 5.58 Å². The molecule has 0 saturated heterocycles.